The minimum absolute atomic E-state index is 0.172. The number of nitrogens with one attached hydrogen (secondary N) is 2. The fourth-order valence-electron chi connectivity index (χ4n) is 2.43. The highest BCUT2D eigenvalue weighted by molar-refractivity contribution is 5.96. The summed E-state index contributed by atoms with van der Waals surface area (Å²) in [6.07, 6.45) is 0. The highest BCUT2D eigenvalue weighted by Gasteiger charge is 2.15. The molecular weight excluding hydrogens is 323 g/mol. The molecule has 2 aromatic carbocycles. The third-order valence-corrected chi connectivity index (χ3v) is 3.75. The molecule has 0 radical (unpaired) electrons. The third-order valence-electron chi connectivity index (χ3n) is 3.75. The second-order valence-electron chi connectivity index (χ2n) is 5.72. The van der Waals surface area contributed by atoms with Gasteiger partial charge < -0.3 is 15.4 Å². The zero-order chi connectivity index (χ0) is 18.4. The van der Waals surface area contributed by atoms with E-state index in [0.29, 0.717) is 11.3 Å². The van der Waals surface area contributed by atoms with Crippen molar-refractivity contribution in [1.29, 1.82) is 0 Å². The van der Waals surface area contributed by atoms with Crippen LogP contribution in [-0.4, -0.2) is 25.5 Å². The molecule has 0 saturated carbocycles. The van der Waals surface area contributed by atoms with Gasteiger partial charge in [0, 0.05) is 11.1 Å². The van der Waals surface area contributed by atoms with Gasteiger partial charge in [0.2, 0.25) is 5.91 Å². The number of carbonyl (C=O) groups is 2. The van der Waals surface area contributed by atoms with Gasteiger partial charge in [-0.2, -0.15) is 0 Å². The second-order valence-corrected chi connectivity index (χ2v) is 5.72. The number of hydrogen-bond acceptors (Lipinski definition) is 3. The monoisotopic (exact) mass is 344 g/mol. The van der Waals surface area contributed by atoms with Crippen LogP contribution in [0.4, 0.5) is 4.39 Å². The summed E-state index contributed by atoms with van der Waals surface area (Å²) in [5, 5.41) is 5.33. The Morgan fingerprint density at radius 1 is 1.16 bits per heavy atom. The molecule has 0 fully saturated rings. The molecule has 2 rings (SSSR count). The van der Waals surface area contributed by atoms with Crippen molar-refractivity contribution in [1.82, 2.24) is 10.6 Å². The molecule has 6 heteroatoms. The van der Waals surface area contributed by atoms with Crippen LogP contribution < -0.4 is 15.4 Å². The molecule has 2 N–H and O–H groups in total. The molecule has 2 aromatic rings. The highest BCUT2D eigenvalue weighted by atomic mass is 19.1. The molecule has 1 atom stereocenters. The van der Waals surface area contributed by atoms with Gasteiger partial charge in [-0.1, -0.05) is 17.7 Å². The lowest BCUT2D eigenvalue weighted by Crippen LogP contribution is -2.38. The fraction of sp³-hybridized carbons (Fsp3) is 0.263. The van der Waals surface area contributed by atoms with Gasteiger partial charge in [0.15, 0.2) is 0 Å². The molecule has 25 heavy (non-hydrogen) atoms. The fourth-order valence-corrected chi connectivity index (χ4v) is 2.43. The van der Waals surface area contributed by atoms with Gasteiger partial charge in [0.1, 0.15) is 11.6 Å². The molecule has 0 aliphatic rings. The molecule has 0 aromatic heterocycles. The van der Waals surface area contributed by atoms with E-state index in [1.165, 1.54) is 24.3 Å². The van der Waals surface area contributed by atoms with Crippen LogP contribution in [0.2, 0.25) is 0 Å². The lowest BCUT2D eigenvalue weighted by atomic mass is 10.0. The first-order valence-corrected chi connectivity index (χ1v) is 7.88. The molecule has 2 amide bonds. The summed E-state index contributed by atoms with van der Waals surface area (Å²) in [6, 6.07) is 10.6. The van der Waals surface area contributed by atoms with E-state index >= 15 is 0 Å². The van der Waals surface area contributed by atoms with Crippen LogP contribution in [0.25, 0.3) is 0 Å². The molecule has 5 nitrogen and oxygen atoms in total. The van der Waals surface area contributed by atoms with Crippen molar-refractivity contribution < 1.29 is 18.7 Å². The smallest absolute Gasteiger partial charge is 0.251 e. The number of rotatable bonds is 6. The van der Waals surface area contributed by atoms with E-state index in [1.54, 1.807) is 7.11 Å². The summed E-state index contributed by atoms with van der Waals surface area (Å²) >= 11 is 0. The van der Waals surface area contributed by atoms with Gasteiger partial charge in [-0.05, 0) is 44.2 Å². The van der Waals surface area contributed by atoms with E-state index in [0.717, 1.165) is 11.1 Å². The van der Waals surface area contributed by atoms with Crippen molar-refractivity contribution in [3.8, 4) is 5.75 Å². The van der Waals surface area contributed by atoms with Gasteiger partial charge in [0.05, 0.1) is 19.7 Å². The summed E-state index contributed by atoms with van der Waals surface area (Å²) in [6.45, 7) is 3.63. The average molecular weight is 344 g/mol. The minimum Gasteiger partial charge on any atom is -0.496 e. The SMILES string of the molecule is COc1ccc(C)cc1C(C)NC(=O)CNC(=O)c1ccc(F)cc1. The summed E-state index contributed by atoms with van der Waals surface area (Å²) in [5.74, 6) is -0.494. The van der Waals surface area contributed by atoms with E-state index in [1.807, 2.05) is 32.0 Å². The molecule has 0 aliphatic carbocycles. The molecular formula is C19H21FN2O3. The van der Waals surface area contributed by atoms with Crippen LogP contribution in [0.3, 0.4) is 0 Å². The zero-order valence-electron chi connectivity index (χ0n) is 14.4. The molecule has 0 spiro atoms. The number of halogens is 1. The number of hydrogen-bond donors (Lipinski definition) is 2. The number of benzene rings is 2. The van der Waals surface area contributed by atoms with Gasteiger partial charge in [-0.25, -0.2) is 4.39 Å². The topological polar surface area (TPSA) is 67.4 Å². The zero-order valence-corrected chi connectivity index (χ0v) is 14.4. The van der Waals surface area contributed by atoms with Gasteiger partial charge in [-0.3, -0.25) is 9.59 Å². The van der Waals surface area contributed by atoms with Crippen molar-refractivity contribution in [3.05, 3.63) is 65.0 Å². The maximum absolute atomic E-state index is 12.9. The van der Waals surface area contributed by atoms with Crippen molar-refractivity contribution >= 4 is 11.8 Å². The maximum Gasteiger partial charge on any atom is 0.251 e. The molecule has 0 heterocycles. The molecule has 0 saturated heterocycles. The third kappa shape index (κ3) is 5.04. The Bertz CT molecular complexity index is 760. The van der Waals surface area contributed by atoms with Crippen LogP contribution in [0.5, 0.6) is 5.75 Å². The lowest BCUT2D eigenvalue weighted by Gasteiger charge is -2.18. The van der Waals surface area contributed by atoms with Crippen LogP contribution in [0, 0.1) is 12.7 Å². The summed E-state index contributed by atoms with van der Waals surface area (Å²) in [4.78, 5) is 24.0. The molecule has 0 aliphatic heterocycles. The number of aryl methyl sites for hydroxylation is 1. The first-order valence-electron chi connectivity index (χ1n) is 7.88. The van der Waals surface area contributed by atoms with Crippen molar-refractivity contribution in [3.63, 3.8) is 0 Å². The number of amides is 2. The Kier molecular flexibility index (Phi) is 6.11. The van der Waals surface area contributed by atoms with Gasteiger partial charge in [0.25, 0.3) is 5.91 Å². The molecule has 1 unspecified atom stereocenters. The first-order chi connectivity index (χ1) is 11.9. The van der Waals surface area contributed by atoms with Gasteiger partial charge in [-0.15, -0.1) is 0 Å². The number of methoxy groups -OCH3 is 1. The largest absolute Gasteiger partial charge is 0.496 e. The van der Waals surface area contributed by atoms with Crippen LogP contribution in [-0.2, 0) is 4.79 Å². The number of carbonyl (C=O) groups excluding carboxylic acids is 2. The predicted octanol–water partition coefficient (Wildman–Crippen LogP) is 2.75. The van der Waals surface area contributed by atoms with E-state index in [9.17, 15) is 14.0 Å². The van der Waals surface area contributed by atoms with Crippen molar-refractivity contribution in [2.45, 2.75) is 19.9 Å². The highest BCUT2D eigenvalue weighted by Crippen LogP contribution is 2.25. The summed E-state index contributed by atoms with van der Waals surface area (Å²) in [7, 11) is 1.58. The maximum atomic E-state index is 12.9. The Hall–Kier alpha value is -2.89. The first kappa shape index (κ1) is 18.4. The standard InChI is InChI=1S/C19H21FN2O3/c1-12-4-9-17(25-3)16(10-12)13(2)22-18(23)11-21-19(24)14-5-7-15(20)8-6-14/h4-10,13H,11H2,1-3H3,(H,21,24)(H,22,23). The van der Waals surface area contributed by atoms with E-state index in [2.05, 4.69) is 10.6 Å². The van der Waals surface area contributed by atoms with E-state index in [-0.39, 0.29) is 18.5 Å². The average Bonchev–Trinajstić information content (AvgIpc) is 2.60. The molecule has 132 valence electrons. The predicted molar refractivity (Wildman–Crippen MR) is 93.0 cm³/mol. The summed E-state index contributed by atoms with van der Waals surface area (Å²) < 4.78 is 18.2. The minimum atomic E-state index is -0.434. The van der Waals surface area contributed by atoms with Crippen molar-refractivity contribution in [2.75, 3.05) is 13.7 Å². The second kappa shape index (κ2) is 8.28. The Morgan fingerprint density at radius 2 is 1.84 bits per heavy atom. The Labute approximate surface area is 146 Å². The van der Waals surface area contributed by atoms with Crippen LogP contribution in [0.1, 0.15) is 34.5 Å². The molecule has 0 bridgehead atoms. The van der Waals surface area contributed by atoms with Crippen LogP contribution in [0.15, 0.2) is 42.5 Å². The normalized spacial score (nSPS) is 11.5. The quantitative estimate of drug-likeness (QED) is 0.847. The van der Waals surface area contributed by atoms with E-state index < -0.39 is 11.7 Å². The number of ether oxygens (including phenoxy) is 1. The van der Waals surface area contributed by atoms with E-state index in [4.69, 9.17) is 4.74 Å². The lowest BCUT2D eigenvalue weighted by molar-refractivity contribution is -0.120. The summed E-state index contributed by atoms with van der Waals surface area (Å²) in [5.41, 5.74) is 2.21. The Morgan fingerprint density at radius 3 is 2.48 bits per heavy atom. The Balaban J connectivity index is 1.92. The van der Waals surface area contributed by atoms with Crippen molar-refractivity contribution in [2.24, 2.45) is 0 Å². The van der Waals surface area contributed by atoms with Crippen LogP contribution >= 0.6 is 0 Å². The van der Waals surface area contributed by atoms with Gasteiger partial charge >= 0.3 is 0 Å².